The Balaban J connectivity index is 2.90. The van der Waals surface area contributed by atoms with E-state index in [-0.39, 0.29) is 0 Å². The van der Waals surface area contributed by atoms with Gasteiger partial charge in [0.2, 0.25) is 0 Å². The molecule has 76 valence electrons. The monoisotopic (exact) mass is 252 g/mol. The van der Waals surface area contributed by atoms with Crippen molar-refractivity contribution >= 4 is 15.9 Å². The minimum absolute atomic E-state index is 0.565. The van der Waals surface area contributed by atoms with Crippen LogP contribution < -0.4 is 0 Å². The number of halogens is 1. The fourth-order valence-electron chi connectivity index (χ4n) is 1.54. The van der Waals surface area contributed by atoms with Crippen molar-refractivity contribution in [3.05, 3.63) is 46.5 Å². The molecule has 0 heterocycles. The van der Waals surface area contributed by atoms with Crippen molar-refractivity contribution in [2.45, 2.75) is 32.6 Å². The molecule has 1 heteroatoms. The van der Waals surface area contributed by atoms with Gasteiger partial charge in [0.1, 0.15) is 0 Å². The van der Waals surface area contributed by atoms with Crippen molar-refractivity contribution in [3.8, 4) is 0 Å². The Morgan fingerprint density at radius 2 is 2.21 bits per heavy atom. The molecule has 1 rings (SSSR count). The van der Waals surface area contributed by atoms with E-state index in [0.717, 1.165) is 12.8 Å². The number of allylic oxidation sites excluding steroid dienone is 1. The van der Waals surface area contributed by atoms with Gasteiger partial charge in [0.15, 0.2) is 0 Å². The molecule has 0 radical (unpaired) electrons. The number of hydrogen-bond acceptors (Lipinski definition) is 0. The van der Waals surface area contributed by atoms with Gasteiger partial charge >= 0.3 is 0 Å². The third kappa shape index (κ3) is 2.71. The van der Waals surface area contributed by atoms with Crippen molar-refractivity contribution in [1.29, 1.82) is 0 Å². The van der Waals surface area contributed by atoms with Gasteiger partial charge in [0, 0.05) is 4.47 Å². The van der Waals surface area contributed by atoms with Gasteiger partial charge in [0.05, 0.1) is 0 Å². The Morgan fingerprint density at radius 3 is 2.71 bits per heavy atom. The van der Waals surface area contributed by atoms with Gasteiger partial charge in [-0.05, 0) is 36.0 Å². The molecule has 1 aromatic carbocycles. The summed E-state index contributed by atoms with van der Waals surface area (Å²) in [6, 6.07) is 6.66. The summed E-state index contributed by atoms with van der Waals surface area (Å²) in [4.78, 5) is 0. The number of rotatable bonds is 4. The molecule has 0 spiro atoms. The highest BCUT2D eigenvalue weighted by Gasteiger charge is 2.05. The molecule has 0 aliphatic heterocycles. The summed E-state index contributed by atoms with van der Waals surface area (Å²) in [6.45, 7) is 8.18. The second kappa shape index (κ2) is 5.35. The van der Waals surface area contributed by atoms with Crippen LogP contribution in [0.2, 0.25) is 0 Å². The average molecular weight is 253 g/mol. The Kier molecular flexibility index (Phi) is 4.40. The molecule has 0 bridgehead atoms. The van der Waals surface area contributed by atoms with Crippen LogP contribution in [0.4, 0.5) is 0 Å². The first-order chi connectivity index (χ1) is 6.69. The third-order valence-corrected chi connectivity index (χ3v) is 3.29. The molecule has 0 fully saturated rings. The molecule has 0 aliphatic carbocycles. The fourth-order valence-corrected chi connectivity index (χ4v) is 2.22. The molecule has 1 aromatic rings. The predicted molar refractivity (Wildman–Crippen MR) is 66.7 cm³/mol. The first-order valence-corrected chi connectivity index (χ1v) is 5.87. The van der Waals surface area contributed by atoms with Crippen LogP contribution in [0.25, 0.3) is 0 Å². The number of benzene rings is 1. The van der Waals surface area contributed by atoms with Gasteiger partial charge in [-0.25, -0.2) is 0 Å². The van der Waals surface area contributed by atoms with Crippen LogP contribution in [0.15, 0.2) is 35.3 Å². The molecule has 0 saturated heterocycles. The van der Waals surface area contributed by atoms with Gasteiger partial charge in [0.25, 0.3) is 0 Å². The highest BCUT2D eigenvalue weighted by molar-refractivity contribution is 9.10. The van der Waals surface area contributed by atoms with Crippen molar-refractivity contribution in [2.75, 3.05) is 0 Å². The van der Waals surface area contributed by atoms with Gasteiger partial charge in [-0.15, -0.1) is 6.58 Å². The van der Waals surface area contributed by atoms with Crippen molar-refractivity contribution < 1.29 is 0 Å². The van der Waals surface area contributed by atoms with Crippen LogP contribution >= 0.6 is 15.9 Å². The average Bonchev–Trinajstić information content (AvgIpc) is 2.18. The molecule has 0 aromatic heterocycles. The van der Waals surface area contributed by atoms with E-state index in [4.69, 9.17) is 0 Å². The van der Waals surface area contributed by atoms with Crippen molar-refractivity contribution in [1.82, 2.24) is 0 Å². The SMILES string of the molecule is C=CCC(C)c1ccc(CC)c(Br)c1. The van der Waals surface area contributed by atoms with E-state index in [1.165, 1.54) is 15.6 Å². The van der Waals surface area contributed by atoms with E-state index in [0.29, 0.717) is 5.92 Å². The lowest BCUT2D eigenvalue weighted by atomic mass is 9.96. The predicted octanol–water partition coefficient (Wildman–Crippen LogP) is 4.69. The van der Waals surface area contributed by atoms with Crippen LogP contribution in [0.3, 0.4) is 0 Å². The Bertz CT molecular complexity index is 315. The fraction of sp³-hybridized carbons (Fsp3) is 0.385. The first-order valence-electron chi connectivity index (χ1n) is 5.08. The van der Waals surface area contributed by atoms with Gasteiger partial charge in [-0.3, -0.25) is 0 Å². The van der Waals surface area contributed by atoms with E-state index >= 15 is 0 Å². The van der Waals surface area contributed by atoms with Crippen LogP contribution in [0.5, 0.6) is 0 Å². The Labute approximate surface area is 95.2 Å². The molecule has 1 atom stereocenters. The van der Waals surface area contributed by atoms with Gasteiger partial charge in [-0.2, -0.15) is 0 Å². The maximum Gasteiger partial charge on any atom is 0.0210 e. The summed E-state index contributed by atoms with van der Waals surface area (Å²) in [5.74, 6) is 0.565. The maximum atomic E-state index is 3.77. The lowest BCUT2D eigenvalue weighted by Crippen LogP contribution is -1.93. The zero-order chi connectivity index (χ0) is 10.6. The largest absolute Gasteiger partial charge is 0.103 e. The highest BCUT2D eigenvalue weighted by atomic mass is 79.9. The molecule has 0 aliphatic rings. The standard InChI is InChI=1S/C13H17Br/c1-4-6-10(3)12-8-7-11(5-2)13(14)9-12/h4,7-10H,1,5-6H2,2-3H3. The Hall–Kier alpha value is -0.560. The normalized spacial score (nSPS) is 12.5. The zero-order valence-electron chi connectivity index (χ0n) is 8.89. The Morgan fingerprint density at radius 1 is 1.50 bits per heavy atom. The van der Waals surface area contributed by atoms with Crippen molar-refractivity contribution in [3.63, 3.8) is 0 Å². The van der Waals surface area contributed by atoms with Gasteiger partial charge < -0.3 is 0 Å². The van der Waals surface area contributed by atoms with Crippen LogP contribution in [0, 0.1) is 0 Å². The number of aryl methyl sites for hydroxylation is 1. The summed E-state index contributed by atoms with van der Waals surface area (Å²) >= 11 is 3.60. The van der Waals surface area contributed by atoms with E-state index in [2.05, 4.69) is 54.6 Å². The third-order valence-electron chi connectivity index (χ3n) is 2.55. The van der Waals surface area contributed by atoms with E-state index in [1.807, 2.05) is 6.08 Å². The first kappa shape index (κ1) is 11.5. The smallest absolute Gasteiger partial charge is 0.0210 e. The van der Waals surface area contributed by atoms with Crippen LogP contribution in [-0.2, 0) is 6.42 Å². The molecule has 1 unspecified atom stereocenters. The zero-order valence-corrected chi connectivity index (χ0v) is 10.5. The second-order valence-corrected chi connectivity index (χ2v) is 4.48. The summed E-state index contributed by atoms with van der Waals surface area (Å²) in [5, 5.41) is 0. The molecule has 0 saturated carbocycles. The molecule has 0 N–H and O–H groups in total. The number of hydrogen-bond donors (Lipinski definition) is 0. The van der Waals surface area contributed by atoms with Gasteiger partial charge in [-0.1, -0.05) is 48.0 Å². The van der Waals surface area contributed by atoms with Crippen LogP contribution in [-0.4, -0.2) is 0 Å². The molecule has 0 nitrogen and oxygen atoms in total. The topological polar surface area (TPSA) is 0 Å². The van der Waals surface area contributed by atoms with Crippen molar-refractivity contribution in [2.24, 2.45) is 0 Å². The van der Waals surface area contributed by atoms with E-state index in [9.17, 15) is 0 Å². The van der Waals surface area contributed by atoms with Crippen LogP contribution in [0.1, 0.15) is 37.3 Å². The second-order valence-electron chi connectivity index (χ2n) is 3.63. The summed E-state index contributed by atoms with van der Waals surface area (Å²) in [6.07, 6.45) is 4.10. The summed E-state index contributed by atoms with van der Waals surface area (Å²) in [7, 11) is 0. The molecule has 14 heavy (non-hydrogen) atoms. The van der Waals surface area contributed by atoms with E-state index in [1.54, 1.807) is 0 Å². The molecular formula is C13H17Br. The highest BCUT2D eigenvalue weighted by Crippen LogP contribution is 2.25. The molecular weight excluding hydrogens is 236 g/mol. The van der Waals surface area contributed by atoms with E-state index < -0.39 is 0 Å². The summed E-state index contributed by atoms with van der Waals surface area (Å²) < 4.78 is 1.23. The quantitative estimate of drug-likeness (QED) is 0.683. The lowest BCUT2D eigenvalue weighted by molar-refractivity contribution is 0.780. The molecule has 0 amide bonds. The maximum absolute atomic E-state index is 3.77. The minimum atomic E-state index is 0.565. The minimum Gasteiger partial charge on any atom is -0.103 e. The summed E-state index contributed by atoms with van der Waals surface area (Å²) in [5.41, 5.74) is 2.76. The lowest BCUT2D eigenvalue weighted by Gasteiger charge is -2.11.